The van der Waals surface area contributed by atoms with Crippen LogP contribution < -0.4 is 10.5 Å². The van der Waals surface area contributed by atoms with Crippen LogP contribution in [0.15, 0.2) is 45.5 Å². The van der Waals surface area contributed by atoms with Crippen molar-refractivity contribution in [1.29, 1.82) is 0 Å². The number of amides is 1. The quantitative estimate of drug-likeness (QED) is 0.298. The van der Waals surface area contributed by atoms with Crippen molar-refractivity contribution in [3.8, 4) is 17.0 Å². The molecule has 37 heavy (non-hydrogen) atoms. The number of carboxylic acids is 1. The predicted molar refractivity (Wildman–Crippen MR) is 121 cm³/mol. The molecule has 3 aromatic rings. The molecule has 1 amide bonds. The zero-order chi connectivity index (χ0) is 27.5. The third kappa shape index (κ3) is 6.43. The molecule has 0 bridgehead atoms. The summed E-state index contributed by atoms with van der Waals surface area (Å²) in [5.41, 5.74) is 3.35. The van der Waals surface area contributed by atoms with Gasteiger partial charge in [0.15, 0.2) is 28.4 Å². The molecule has 0 saturated carbocycles. The maximum absolute atomic E-state index is 14.8. The molecule has 0 spiro atoms. The summed E-state index contributed by atoms with van der Waals surface area (Å²) in [5, 5.41) is 9.25. The monoisotopic (exact) mass is 592 g/mol. The van der Waals surface area contributed by atoms with Crippen molar-refractivity contribution in [2.75, 3.05) is 6.61 Å². The predicted octanol–water partition coefficient (Wildman–Crippen LogP) is 5.50. The van der Waals surface area contributed by atoms with Gasteiger partial charge in [-0.15, -0.1) is 0 Å². The summed E-state index contributed by atoms with van der Waals surface area (Å²) in [6.07, 6.45) is -7.21. The Morgan fingerprint density at radius 2 is 1.81 bits per heavy atom. The molecule has 2 aromatic carbocycles. The molecule has 1 aromatic heterocycles. The van der Waals surface area contributed by atoms with Gasteiger partial charge in [-0.05, 0) is 46.6 Å². The number of carbonyl (C=O) groups is 2. The number of primary amides is 1. The van der Waals surface area contributed by atoms with Crippen molar-refractivity contribution in [1.82, 2.24) is 4.98 Å². The van der Waals surface area contributed by atoms with Crippen LogP contribution in [0.25, 0.3) is 11.3 Å². The molecule has 0 aliphatic carbocycles. The number of aliphatic carboxylic acids is 1. The van der Waals surface area contributed by atoms with Crippen molar-refractivity contribution in [3.05, 3.63) is 69.7 Å². The van der Waals surface area contributed by atoms with Crippen LogP contribution >= 0.6 is 15.9 Å². The van der Waals surface area contributed by atoms with Crippen LogP contribution in [0.3, 0.4) is 0 Å². The molecule has 0 aliphatic rings. The van der Waals surface area contributed by atoms with E-state index >= 15 is 0 Å². The number of rotatable bonds is 10. The second-order valence-electron chi connectivity index (χ2n) is 7.52. The summed E-state index contributed by atoms with van der Waals surface area (Å²) in [6, 6.07) is 5.58. The van der Waals surface area contributed by atoms with Gasteiger partial charge in [0.2, 0.25) is 5.89 Å². The summed E-state index contributed by atoms with van der Waals surface area (Å²) in [4.78, 5) is 27.0. The molecule has 0 fully saturated rings. The first-order valence-corrected chi connectivity index (χ1v) is 11.3. The second-order valence-corrected chi connectivity index (χ2v) is 8.24. The van der Waals surface area contributed by atoms with Gasteiger partial charge in [0, 0.05) is 5.56 Å². The molecule has 198 valence electrons. The van der Waals surface area contributed by atoms with E-state index in [0.29, 0.717) is 0 Å². The number of benzene rings is 2. The highest BCUT2D eigenvalue weighted by Gasteiger charge is 2.31. The third-order valence-corrected chi connectivity index (χ3v) is 5.57. The lowest BCUT2D eigenvalue weighted by Gasteiger charge is -2.19. The maximum Gasteiger partial charge on any atom is 0.416 e. The van der Waals surface area contributed by atoms with Crippen LogP contribution in [0.2, 0.25) is 0 Å². The van der Waals surface area contributed by atoms with E-state index in [1.54, 1.807) is 0 Å². The summed E-state index contributed by atoms with van der Waals surface area (Å²) in [7, 11) is 0. The number of alkyl halides is 3. The zero-order valence-corrected chi connectivity index (χ0v) is 20.4. The number of hydrogen-bond donors (Lipinski definition) is 2. The van der Waals surface area contributed by atoms with Crippen LogP contribution in [0.5, 0.6) is 5.75 Å². The molecule has 2 atom stereocenters. The van der Waals surface area contributed by atoms with Gasteiger partial charge in [-0.1, -0.05) is 19.1 Å². The van der Waals surface area contributed by atoms with Crippen LogP contribution in [0.1, 0.15) is 41.3 Å². The fourth-order valence-corrected chi connectivity index (χ4v) is 3.66. The highest BCUT2D eigenvalue weighted by atomic mass is 79.9. The Morgan fingerprint density at radius 3 is 2.35 bits per heavy atom. The highest BCUT2D eigenvalue weighted by Crippen LogP contribution is 2.36. The van der Waals surface area contributed by atoms with E-state index in [9.17, 15) is 36.6 Å². The van der Waals surface area contributed by atoms with E-state index in [1.165, 1.54) is 6.92 Å². The maximum atomic E-state index is 14.8. The Labute approximate surface area is 214 Å². The molecule has 0 aliphatic heterocycles. The molecule has 8 nitrogen and oxygen atoms in total. The number of oxazole rings is 1. The number of carbonyl (C=O) groups excluding carboxylic acids is 1. The molecule has 1 heterocycles. The lowest BCUT2D eigenvalue weighted by molar-refractivity contribution is -0.152. The van der Waals surface area contributed by atoms with E-state index < -0.39 is 65.4 Å². The minimum Gasteiger partial charge on any atom is -0.479 e. The number of aromatic nitrogens is 1. The number of ether oxygens (including phenoxy) is 2. The average molecular weight is 593 g/mol. The number of halogens is 6. The van der Waals surface area contributed by atoms with Crippen molar-refractivity contribution < 1.29 is 50.5 Å². The Hall–Kier alpha value is -3.52. The molecule has 0 saturated heterocycles. The molecule has 0 radical (unpaired) electrons. The molecular weight excluding hydrogens is 575 g/mol. The lowest BCUT2D eigenvalue weighted by Crippen LogP contribution is -2.27. The van der Waals surface area contributed by atoms with Crippen molar-refractivity contribution >= 4 is 27.8 Å². The minimum atomic E-state index is -4.55. The first kappa shape index (κ1) is 28.1. The Bertz CT molecular complexity index is 1300. The van der Waals surface area contributed by atoms with Crippen LogP contribution in [0, 0.1) is 11.6 Å². The van der Waals surface area contributed by atoms with Crippen LogP contribution in [-0.2, 0) is 15.7 Å². The molecule has 3 N–H and O–H groups in total. The summed E-state index contributed by atoms with van der Waals surface area (Å²) in [6.45, 7) is 0.991. The van der Waals surface area contributed by atoms with Crippen molar-refractivity contribution in [2.45, 2.75) is 31.7 Å². The molecule has 3 rings (SSSR count). The molecule has 2 unspecified atom stereocenters. The van der Waals surface area contributed by atoms with E-state index in [4.69, 9.17) is 19.6 Å². The van der Waals surface area contributed by atoms with Gasteiger partial charge in [-0.3, -0.25) is 4.79 Å². The minimum absolute atomic E-state index is 0.0291. The number of hydrogen-bond acceptors (Lipinski definition) is 6. The van der Waals surface area contributed by atoms with Gasteiger partial charge in [-0.2, -0.15) is 13.2 Å². The number of carboxylic acid groups (broad SMARTS) is 1. The van der Waals surface area contributed by atoms with Gasteiger partial charge in [-0.25, -0.2) is 18.6 Å². The Kier molecular flexibility index (Phi) is 8.53. The van der Waals surface area contributed by atoms with Crippen molar-refractivity contribution in [3.63, 3.8) is 0 Å². The van der Waals surface area contributed by atoms with E-state index in [2.05, 4.69) is 20.9 Å². The zero-order valence-electron chi connectivity index (χ0n) is 18.8. The van der Waals surface area contributed by atoms with E-state index in [1.807, 2.05) is 0 Å². The van der Waals surface area contributed by atoms with Gasteiger partial charge < -0.3 is 24.7 Å². The van der Waals surface area contributed by atoms with E-state index in [-0.39, 0.29) is 28.2 Å². The standard InChI is InChI=1S/C23H18BrF5N2O6/c1-2-13(22(33)34)35-9-15(36-14-8-7-12(25)16(17(14)26)20(30)32)21-31-18(19(24)37-21)10-3-5-11(6-4-10)23(27,28)29/h3-8,13,15H,2,9H2,1H3,(H2,30,32)(H,33,34). The topological polar surface area (TPSA) is 125 Å². The first-order valence-electron chi connectivity index (χ1n) is 10.5. The second kappa shape index (κ2) is 11.3. The van der Waals surface area contributed by atoms with Gasteiger partial charge >= 0.3 is 12.1 Å². The van der Waals surface area contributed by atoms with Gasteiger partial charge in [0.05, 0.1) is 12.2 Å². The summed E-state index contributed by atoms with van der Waals surface area (Å²) >= 11 is 3.11. The molecule has 14 heteroatoms. The first-order chi connectivity index (χ1) is 17.3. The largest absolute Gasteiger partial charge is 0.479 e. The van der Waals surface area contributed by atoms with Crippen LogP contribution in [-0.4, -0.2) is 34.7 Å². The summed E-state index contributed by atoms with van der Waals surface area (Å²) in [5.74, 6) is -6.26. The fraction of sp³-hybridized carbons (Fsp3) is 0.261. The van der Waals surface area contributed by atoms with Crippen LogP contribution in [0.4, 0.5) is 22.0 Å². The van der Waals surface area contributed by atoms with Gasteiger partial charge in [0.25, 0.3) is 5.91 Å². The van der Waals surface area contributed by atoms with Gasteiger partial charge in [0.1, 0.15) is 17.1 Å². The fourth-order valence-electron chi connectivity index (χ4n) is 3.18. The molecular formula is C23H18BrF5N2O6. The third-order valence-electron chi connectivity index (χ3n) is 5.03. The SMILES string of the molecule is CCC(OCC(Oc1ccc(F)c(C(N)=O)c1F)c1nc(-c2ccc(C(F)(F)F)cc2)c(Br)o1)C(=O)O. The lowest BCUT2D eigenvalue weighted by atomic mass is 10.1. The average Bonchev–Trinajstić information content (AvgIpc) is 3.20. The highest BCUT2D eigenvalue weighted by molar-refractivity contribution is 9.10. The van der Waals surface area contributed by atoms with Crippen molar-refractivity contribution in [2.24, 2.45) is 5.73 Å². The smallest absolute Gasteiger partial charge is 0.416 e. The number of nitrogens with two attached hydrogens (primary N) is 1. The number of nitrogens with zero attached hydrogens (tertiary/aromatic N) is 1. The normalized spacial score (nSPS) is 13.3. The Morgan fingerprint density at radius 1 is 1.16 bits per heavy atom. The van der Waals surface area contributed by atoms with E-state index in [0.717, 1.165) is 36.4 Å². The Balaban J connectivity index is 1.99. The summed E-state index contributed by atoms with van der Waals surface area (Å²) < 4.78 is 83.7.